The standard InChI is InChI=1S/C13H14BrN3O2/c1-8-11(9(2)19-16-8)7-17(3)13(18)12-5-4-10(14)6-15-12/h4-6H,7H2,1-3H3. The summed E-state index contributed by atoms with van der Waals surface area (Å²) in [5, 5.41) is 3.88. The smallest absolute Gasteiger partial charge is 0.272 e. The van der Waals surface area contributed by atoms with Crippen LogP contribution in [0.1, 0.15) is 27.5 Å². The molecular formula is C13H14BrN3O2. The molecule has 0 fully saturated rings. The number of aromatic nitrogens is 2. The van der Waals surface area contributed by atoms with Crippen LogP contribution in [0, 0.1) is 13.8 Å². The second kappa shape index (κ2) is 5.52. The van der Waals surface area contributed by atoms with Crippen LogP contribution >= 0.6 is 15.9 Å². The van der Waals surface area contributed by atoms with Gasteiger partial charge in [-0.3, -0.25) is 4.79 Å². The largest absolute Gasteiger partial charge is 0.361 e. The Labute approximate surface area is 119 Å². The molecule has 0 N–H and O–H groups in total. The monoisotopic (exact) mass is 323 g/mol. The van der Waals surface area contributed by atoms with E-state index in [1.54, 1.807) is 30.3 Å². The fourth-order valence-corrected chi connectivity index (χ4v) is 1.97. The highest BCUT2D eigenvalue weighted by atomic mass is 79.9. The summed E-state index contributed by atoms with van der Waals surface area (Å²) < 4.78 is 5.93. The van der Waals surface area contributed by atoms with Crippen molar-refractivity contribution < 1.29 is 9.32 Å². The van der Waals surface area contributed by atoms with E-state index in [0.717, 1.165) is 21.5 Å². The van der Waals surface area contributed by atoms with Gasteiger partial charge in [0.2, 0.25) is 0 Å². The Morgan fingerprint density at radius 3 is 2.68 bits per heavy atom. The second-order valence-electron chi connectivity index (χ2n) is 4.33. The van der Waals surface area contributed by atoms with Crippen molar-refractivity contribution in [3.8, 4) is 0 Å². The summed E-state index contributed by atoms with van der Waals surface area (Å²) in [5.74, 6) is 0.605. The lowest BCUT2D eigenvalue weighted by molar-refractivity contribution is 0.0778. The molecule has 2 rings (SSSR count). The van der Waals surface area contributed by atoms with E-state index >= 15 is 0 Å². The van der Waals surface area contributed by atoms with Gasteiger partial charge >= 0.3 is 0 Å². The van der Waals surface area contributed by atoms with Gasteiger partial charge in [0.25, 0.3) is 5.91 Å². The predicted octanol–water partition coefficient (Wildman–Crippen LogP) is 2.72. The van der Waals surface area contributed by atoms with Gasteiger partial charge in [0.1, 0.15) is 11.5 Å². The Bertz CT molecular complexity index is 573. The van der Waals surface area contributed by atoms with E-state index in [9.17, 15) is 4.79 Å². The minimum absolute atomic E-state index is 0.132. The Hall–Kier alpha value is -1.69. The lowest BCUT2D eigenvalue weighted by Gasteiger charge is -2.16. The van der Waals surface area contributed by atoms with Gasteiger partial charge in [-0.1, -0.05) is 5.16 Å². The third kappa shape index (κ3) is 3.01. The number of hydrogen-bond acceptors (Lipinski definition) is 4. The molecule has 0 saturated heterocycles. The van der Waals surface area contributed by atoms with Crippen molar-refractivity contribution in [1.29, 1.82) is 0 Å². The highest BCUT2D eigenvalue weighted by Gasteiger charge is 2.17. The maximum Gasteiger partial charge on any atom is 0.272 e. The molecule has 0 saturated carbocycles. The molecule has 0 unspecified atom stereocenters. The van der Waals surface area contributed by atoms with Crippen molar-refractivity contribution in [3.05, 3.63) is 45.5 Å². The number of halogens is 1. The maximum absolute atomic E-state index is 12.2. The van der Waals surface area contributed by atoms with Crippen molar-refractivity contribution in [3.63, 3.8) is 0 Å². The van der Waals surface area contributed by atoms with Crippen molar-refractivity contribution in [2.45, 2.75) is 20.4 Å². The molecule has 5 nitrogen and oxygen atoms in total. The molecule has 0 atom stereocenters. The normalized spacial score (nSPS) is 10.5. The van der Waals surface area contributed by atoms with Crippen LogP contribution in [0.2, 0.25) is 0 Å². The fourth-order valence-electron chi connectivity index (χ4n) is 1.73. The summed E-state index contributed by atoms with van der Waals surface area (Å²) in [7, 11) is 1.73. The van der Waals surface area contributed by atoms with E-state index in [-0.39, 0.29) is 5.91 Å². The number of amides is 1. The van der Waals surface area contributed by atoms with Crippen LogP contribution in [-0.4, -0.2) is 28.0 Å². The quantitative estimate of drug-likeness (QED) is 0.871. The first-order valence-corrected chi connectivity index (χ1v) is 6.57. The van der Waals surface area contributed by atoms with Gasteiger partial charge in [-0.25, -0.2) is 4.98 Å². The number of rotatable bonds is 3. The van der Waals surface area contributed by atoms with Crippen LogP contribution < -0.4 is 0 Å². The molecule has 0 bridgehead atoms. The summed E-state index contributed by atoms with van der Waals surface area (Å²) in [6.07, 6.45) is 1.61. The third-order valence-corrected chi connectivity index (χ3v) is 3.34. The van der Waals surface area contributed by atoms with E-state index in [4.69, 9.17) is 4.52 Å². The van der Waals surface area contributed by atoms with E-state index in [1.165, 1.54) is 0 Å². The van der Waals surface area contributed by atoms with Crippen LogP contribution in [0.4, 0.5) is 0 Å². The third-order valence-electron chi connectivity index (χ3n) is 2.87. The molecule has 19 heavy (non-hydrogen) atoms. The Morgan fingerprint density at radius 1 is 1.42 bits per heavy atom. The molecule has 0 aromatic carbocycles. The molecule has 0 aliphatic rings. The zero-order chi connectivity index (χ0) is 14.0. The molecule has 0 radical (unpaired) electrons. The molecule has 6 heteroatoms. The number of aryl methyl sites for hydroxylation is 2. The first-order chi connectivity index (χ1) is 8.99. The Morgan fingerprint density at radius 2 is 2.16 bits per heavy atom. The molecule has 100 valence electrons. The zero-order valence-electron chi connectivity index (χ0n) is 11.0. The lowest BCUT2D eigenvalue weighted by Crippen LogP contribution is -2.27. The van der Waals surface area contributed by atoms with Crippen LogP contribution in [-0.2, 0) is 6.54 Å². The van der Waals surface area contributed by atoms with Crippen LogP contribution in [0.5, 0.6) is 0 Å². The van der Waals surface area contributed by atoms with Crippen LogP contribution in [0.3, 0.4) is 0 Å². The maximum atomic E-state index is 12.2. The lowest BCUT2D eigenvalue weighted by atomic mass is 10.2. The first kappa shape index (κ1) is 13.7. The summed E-state index contributed by atoms with van der Waals surface area (Å²) in [6.45, 7) is 4.16. The van der Waals surface area contributed by atoms with Crippen LogP contribution in [0.25, 0.3) is 0 Å². The molecule has 2 aromatic rings. The number of nitrogens with zero attached hydrogens (tertiary/aromatic N) is 3. The first-order valence-electron chi connectivity index (χ1n) is 5.78. The number of carbonyl (C=O) groups is 1. The average Bonchev–Trinajstić information content (AvgIpc) is 2.70. The summed E-state index contributed by atoms with van der Waals surface area (Å²) in [5.41, 5.74) is 2.16. The SMILES string of the molecule is Cc1noc(C)c1CN(C)C(=O)c1ccc(Br)cn1. The highest BCUT2D eigenvalue weighted by Crippen LogP contribution is 2.16. The molecule has 0 aliphatic heterocycles. The minimum Gasteiger partial charge on any atom is -0.361 e. The molecule has 2 heterocycles. The molecule has 0 aliphatic carbocycles. The van der Waals surface area contributed by atoms with Crippen LogP contribution in [0.15, 0.2) is 27.3 Å². The molecule has 2 aromatic heterocycles. The van der Waals surface area contributed by atoms with E-state index in [0.29, 0.717) is 12.2 Å². The van der Waals surface area contributed by atoms with Crippen molar-refractivity contribution in [2.75, 3.05) is 7.05 Å². The van der Waals surface area contributed by atoms with E-state index in [2.05, 4.69) is 26.1 Å². The summed E-state index contributed by atoms with van der Waals surface area (Å²) in [6, 6.07) is 3.49. The van der Waals surface area contributed by atoms with Gasteiger partial charge in [0, 0.05) is 23.3 Å². The van der Waals surface area contributed by atoms with E-state index in [1.807, 2.05) is 13.8 Å². The van der Waals surface area contributed by atoms with Crippen molar-refractivity contribution >= 4 is 21.8 Å². The topological polar surface area (TPSA) is 59.2 Å². The average molecular weight is 324 g/mol. The minimum atomic E-state index is -0.132. The Balaban J connectivity index is 2.14. The summed E-state index contributed by atoms with van der Waals surface area (Å²) in [4.78, 5) is 17.9. The van der Waals surface area contributed by atoms with Gasteiger partial charge in [0.15, 0.2) is 0 Å². The fraction of sp³-hybridized carbons (Fsp3) is 0.308. The van der Waals surface area contributed by atoms with Gasteiger partial charge in [-0.15, -0.1) is 0 Å². The van der Waals surface area contributed by atoms with Gasteiger partial charge in [0.05, 0.1) is 12.2 Å². The second-order valence-corrected chi connectivity index (χ2v) is 5.24. The van der Waals surface area contributed by atoms with Gasteiger partial charge in [-0.05, 0) is 41.9 Å². The summed E-state index contributed by atoms with van der Waals surface area (Å²) >= 11 is 3.29. The van der Waals surface area contributed by atoms with Crippen molar-refractivity contribution in [1.82, 2.24) is 15.0 Å². The van der Waals surface area contributed by atoms with E-state index < -0.39 is 0 Å². The predicted molar refractivity (Wildman–Crippen MR) is 73.7 cm³/mol. The number of carbonyl (C=O) groups excluding carboxylic acids is 1. The number of hydrogen-bond donors (Lipinski definition) is 0. The highest BCUT2D eigenvalue weighted by molar-refractivity contribution is 9.10. The zero-order valence-corrected chi connectivity index (χ0v) is 12.6. The Kier molecular flexibility index (Phi) is 3.99. The van der Waals surface area contributed by atoms with Gasteiger partial charge in [-0.2, -0.15) is 0 Å². The molecular weight excluding hydrogens is 310 g/mol. The number of pyridine rings is 1. The van der Waals surface area contributed by atoms with Crippen molar-refractivity contribution in [2.24, 2.45) is 0 Å². The molecule has 1 amide bonds. The van der Waals surface area contributed by atoms with Gasteiger partial charge < -0.3 is 9.42 Å². The molecule has 0 spiro atoms.